The predicted molar refractivity (Wildman–Crippen MR) is 69.6 cm³/mol. The first-order chi connectivity index (χ1) is 10.2. The van der Waals surface area contributed by atoms with Gasteiger partial charge in [0.05, 0.1) is 0 Å². The van der Waals surface area contributed by atoms with Gasteiger partial charge in [-0.3, -0.25) is 4.98 Å². The zero-order valence-electron chi connectivity index (χ0n) is 10.6. The molecule has 0 fully saturated rings. The second-order valence-corrected chi connectivity index (χ2v) is 4.03. The summed E-state index contributed by atoms with van der Waals surface area (Å²) in [7, 11) is 0. The molecule has 2 aromatic heterocycles. The van der Waals surface area contributed by atoms with Gasteiger partial charge in [0.2, 0.25) is 5.89 Å². The molecule has 1 aromatic carbocycles. The Kier molecular flexibility index (Phi) is 3.55. The third kappa shape index (κ3) is 3.02. The van der Waals surface area contributed by atoms with Gasteiger partial charge >= 0.3 is 6.61 Å². The lowest BCUT2D eigenvalue weighted by atomic mass is 10.2. The SMILES string of the molecule is FC(F)Oc1cccc(-c2nnc(-c3ccccn3)o2)c1. The molecule has 0 atom stereocenters. The molecule has 0 aliphatic rings. The highest BCUT2D eigenvalue weighted by atomic mass is 19.3. The minimum absolute atomic E-state index is 0.0279. The molecule has 7 heteroatoms. The van der Waals surface area contributed by atoms with Gasteiger partial charge in [0.15, 0.2) is 0 Å². The van der Waals surface area contributed by atoms with Gasteiger partial charge in [-0.15, -0.1) is 10.2 Å². The van der Waals surface area contributed by atoms with Gasteiger partial charge in [-0.25, -0.2) is 0 Å². The van der Waals surface area contributed by atoms with Gasteiger partial charge < -0.3 is 9.15 Å². The molecular formula is C14H9F2N3O2. The van der Waals surface area contributed by atoms with Crippen molar-refractivity contribution in [2.75, 3.05) is 0 Å². The number of alkyl halides is 2. The van der Waals surface area contributed by atoms with Crippen molar-refractivity contribution in [3.05, 3.63) is 48.7 Å². The Morgan fingerprint density at radius 3 is 2.62 bits per heavy atom. The molecule has 0 aliphatic carbocycles. The Bertz CT molecular complexity index is 732. The van der Waals surface area contributed by atoms with Crippen LogP contribution in [0, 0.1) is 0 Å². The largest absolute Gasteiger partial charge is 0.435 e. The predicted octanol–water partition coefficient (Wildman–Crippen LogP) is 3.40. The summed E-state index contributed by atoms with van der Waals surface area (Å²) in [4.78, 5) is 4.09. The van der Waals surface area contributed by atoms with Gasteiger partial charge in [0.25, 0.3) is 5.89 Å². The normalized spacial score (nSPS) is 10.8. The van der Waals surface area contributed by atoms with E-state index in [1.165, 1.54) is 12.1 Å². The van der Waals surface area contributed by atoms with Crippen LogP contribution in [0.4, 0.5) is 8.78 Å². The highest BCUT2D eigenvalue weighted by molar-refractivity contribution is 5.57. The molecule has 3 aromatic rings. The van der Waals surface area contributed by atoms with Crippen molar-refractivity contribution in [2.45, 2.75) is 6.61 Å². The number of ether oxygens (including phenoxy) is 1. The van der Waals surface area contributed by atoms with Crippen molar-refractivity contribution >= 4 is 0 Å². The Morgan fingerprint density at radius 2 is 1.86 bits per heavy atom. The zero-order chi connectivity index (χ0) is 14.7. The van der Waals surface area contributed by atoms with E-state index in [1.807, 2.05) is 0 Å². The van der Waals surface area contributed by atoms with Crippen LogP contribution in [0.3, 0.4) is 0 Å². The maximum atomic E-state index is 12.2. The Hall–Kier alpha value is -2.83. The minimum Gasteiger partial charge on any atom is -0.435 e. The van der Waals surface area contributed by atoms with E-state index in [0.29, 0.717) is 11.3 Å². The van der Waals surface area contributed by atoms with Crippen molar-refractivity contribution < 1.29 is 17.9 Å². The fourth-order valence-electron chi connectivity index (χ4n) is 1.74. The van der Waals surface area contributed by atoms with E-state index in [-0.39, 0.29) is 17.5 Å². The van der Waals surface area contributed by atoms with Gasteiger partial charge in [-0.05, 0) is 30.3 Å². The van der Waals surface area contributed by atoms with Crippen LogP contribution in [-0.2, 0) is 0 Å². The second-order valence-electron chi connectivity index (χ2n) is 4.03. The first-order valence-electron chi connectivity index (χ1n) is 6.02. The number of pyridine rings is 1. The van der Waals surface area contributed by atoms with Crippen molar-refractivity contribution in [3.63, 3.8) is 0 Å². The third-order valence-corrected chi connectivity index (χ3v) is 2.62. The van der Waals surface area contributed by atoms with Crippen LogP contribution >= 0.6 is 0 Å². The van der Waals surface area contributed by atoms with Crippen LogP contribution in [0.5, 0.6) is 5.75 Å². The summed E-state index contributed by atoms with van der Waals surface area (Å²) in [6, 6.07) is 11.3. The molecule has 0 N–H and O–H groups in total. The molecular weight excluding hydrogens is 280 g/mol. The molecule has 0 radical (unpaired) electrons. The quantitative estimate of drug-likeness (QED) is 0.736. The molecule has 21 heavy (non-hydrogen) atoms. The van der Waals surface area contributed by atoms with Gasteiger partial charge in [0.1, 0.15) is 11.4 Å². The summed E-state index contributed by atoms with van der Waals surface area (Å²) >= 11 is 0. The summed E-state index contributed by atoms with van der Waals surface area (Å²) in [6.45, 7) is -2.88. The van der Waals surface area contributed by atoms with Crippen LogP contribution in [0.15, 0.2) is 53.1 Å². The average molecular weight is 289 g/mol. The Labute approximate surface area is 118 Å². The minimum atomic E-state index is -2.88. The average Bonchev–Trinajstić information content (AvgIpc) is 2.98. The topological polar surface area (TPSA) is 61.0 Å². The maximum Gasteiger partial charge on any atom is 0.387 e. The van der Waals surface area contributed by atoms with Crippen LogP contribution in [-0.4, -0.2) is 21.8 Å². The third-order valence-electron chi connectivity index (χ3n) is 2.62. The number of hydrogen-bond donors (Lipinski definition) is 0. The van der Waals surface area contributed by atoms with Crippen LogP contribution in [0.1, 0.15) is 0 Å². The summed E-state index contributed by atoms with van der Waals surface area (Å²) in [6.07, 6.45) is 1.61. The monoisotopic (exact) mass is 289 g/mol. The molecule has 0 amide bonds. The fourth-order valence-corrected chi connectivity index (χ4v) is 1.74. The van der Waals surface area contributed by atoms with Crippen molar-refractivity contribution in [1.29, 1.82) is 0 Å². The number of rotatable bonds is 4. The van der Waals surface area contributed by atoms with Gasteiger partial charge in [-0.2, -0.15) is 8.78 Å². The molecule has 0 saturated carbocycles. The molecule has 0 aliphatic heterocycles. The highest BCUT2D eigenvalue weighted by Gasteiger charge is 2.12. The second kappa shape index (κ2) is 5.66. The number of hydrogen-bond acceptors (Lipinski definition) is 5. The Morgan fingerprint density at radius 1 is 1.00 bits per heavy atom. The smallest absolute Gasteiger partial charge is 0.387 e. The van der Waals surface area contributed by atoms with E-state index in [2.05, 4.69) is 19.9 Å². The summed E-state index contributed by atoms with van der Waals surface area (Å²) in [5, 5.41) is 7.77. The lowest BCUT2D eigenvalue weighted by Crippen LogP contribution is -2.01. The van der Waals surface area contributed by atoms with Crippen molar-refractivity contribution in [3.8, 4) is 28.8 Å². The van der Waals surface area contributed by atoms with Gasteiger partial charge in [0, 0.05) is 11.8 Å². The molecule has 0 saturated heterocycles. The number of benzene rings is 1. The first-order valence-corrected chi connectivity index (χ1v) is 6.02. The summed E-state index contributed by atoms with van der Waals surface area (Å²) < 4.78 is 34.2. The van der Waals surface area contributed by atoms with Crippen LogP contribution < -0.4 is 4.74 Å². The molecule has 3 rings (SSSR count). The zero-order valence-corrected chi connectivity index (χ0v) is 10.6. The van der Waals surface area contributed by atoms with E-state index in [1.54, 1.807) is 36.5 Å². The number of halogens is 2. The first kappa shape index (κ1) is 13.2. The van der Waals surface area contributed by atoms with E-state index in [9.17, 15) is 8.78 Å². The van der Waals surface area contributed by atoms with E-state index < -0.39 is 6.61 Å². The van der Waals surface area contributed by atoms with E-state index in [0.717, 1.165) is 0 Å². The summed E-state index contributed by atoms with van der Waals surface area (Å²) in [5.74, 6) is 0.487. The number of nitrogens with zero attached hydrogens (tertiary/aromatic N) is 3. The van der Waals surface area contributed by atoms with E-state index in [4.69, 9.17) is 4.42 Å². The molecule has 0 bridgehead atoms. The molecule has 0 unspecified atom stereocenters. The highest BCUT2D eigenvalue weighted by Crippen LogP contribution is 2.26. The van der Waals surface area contributed by atoms with E-state index >= 15 is 0 Å². The molecule has 106 valence electrons. The Balaban J connectivity index is 1.90. The van der Waals surface area contributed by atoms with Crippen LogP contribution in [0.25, 0.3) is 23.0 Å². The van der Waals surface area contributed by atoms with Crippen LogP contribution in [0.2, 0.25) is 0 Å². The fraction of sp³-hybridized carbons (Fsp3) is 0.0714. The number of aromatic nitrogens is 3. The molecule has 2 heterocycles. The lowest BCUT2D eigenvalue weighted by molar-refractivity contribution is -0.0498. The maximum absolute atomic E-state index is 12.2. The lowest BCUT2D eigenvalue weighted by Gasteiger charge is -2.04. The van der Waals surface area contributed by atoms with Crippen molar-refractivity contribution in [1.82, 2.24) is 15.2 Å². The standard InChI is InChI=1S/C14H9F2N3O2/c15-14(16)20-10-5-3-4-9(8-10)12-18-19-13(21-12)11-6-1-2-7-17-11/h1-8,14H. The molecule has 0 spiro atoms. The van der Waals surface area contributed by atoms with Crippen molar-refractivity contribution in [2.24, 2.45) is 0 Å². The molecule has 5 nitrogen and oxygen atoms in total. The summed E-state index contributed by atoms with van der Waals surface area (Å²) in [5.41, 5.74) is 1.03. The van der Waals surface area contributed by atoms with Gasteiger partial charge in [-0.1, -0.05) is 12.1 Å².